The molecule has 0 bridgehead atoms. The maximum atomic E-state index is 12.6. The molecule has 1 N–H and O–H groups in total. The minimum absolute atomic E-state index is 0.0614. The second kappa shape index (κ2) is 6.85. The third-order valence-electron chi connectivity index (χ3n) is 5.27. The van der Waals surface area contributed by atoms with Crippen LogP contribution in [-0.4, -0.2) is 26.4 Å². The zero-order chi connectivity index (χ0) is 16.4. The van der Waals surface area contributed by atoms with Crippen molar-refractivity contribution >= 4 is 0 Å². The summed E-state index contributed by atoms with van der Waals surface area (Å²) >= 11 is 0. The fraction of sp³-hybridized carbons (Fsp3) is 0.526. The van der Waals surface area contributed by atoms with Crippen molar-refractivity contribution in [3.05, 3.63) is 57.5 Å². The van der Waals surface area contributed by atoms with Crippen LogP contribution >= 0.6 is 0 Å². The molecule has 24 heavy (non-hydrogen) atoms. The van der Waals surface area contributed by atoms with Crippen molar-refractivity contribution in [2.75, 3.05) is 6.54 Å². The SMILES string of the molecule is O=c1[nH]c(C2CCCCC2)nc2c1CN(Cc1ccccn1)CC2. The topological polar surface area (TPSA) is 61.9 Å². The maximum Gasteiger partial charge on any atom is 0.255 e. The molecule has 5 nitrogen and oxygen atoms in total. The number of aromatic amines is 1. The first-order valence-electron chi connectivity index (χ1n) is 9.04. The Labute approximate surface area is 142 Å². The Morgan fingerprint density at radius 3 is 2.88 bits per heavy atom. The summed E-state index contributed by atoms with van der Waals surface area (Å²) in [5.74, 6) is 1.37. The Hall–Kier alpha value is -2.01. The molecule has 2 aliphatic rings. The summed E-state index contributed by atoms with van der Waals surface area (Å²) in [5.41, 5.74) is 2.96. The van der Waals surface area contributed by atoms with E-state index in [1.54, 1.807) is 0 Å². The van der Waals surface area contributed by atoms with E-state index in [0.717, 1.165) is 55.1 Å². The van der Waals surface area contributed by atoms with Crippen molar-refractivity contribution in [1.29, 1.82) is 0 Å². The standard InChI is InChI=1S/C19H24N4O/c24-19-16-13-23(12-15-8-4-5-10-20-15)11-9-17(16)21-18(22-19)14-6-2-1-3-7-14/h4-5,8,10,14H,1-3,6-7,9,11-13H2,(H,21,22,24). The van der Waals surface area contributed by atoms with E-state index in [1.165, 1.54) is 19.3 Å². The summed E-state index contributed by atoms with van der Waals surface area (Å²) in [4.78, 5) is 27.2. The summed E-state index contributed by atoms with van der Waals surface area (Å²) in [7, 11) is 0. The summed E-state index contributed by atoms with van der Waals surface area (Å²) in [6.07, 6.45) is 8.81. The van der Waals surface area contributed by atoms with Gasteiger partial charge in [-0.05, 0) is 25.0 Å². The Morgan fingerprint density at radius 1 is 1.21 bits per heavy atom. The zero-order valence-corrected chi connectivity index (χ0v) is 14.0. The predicted octanol–water partition coefficient (Wildman–Crippen LogP) is 2.77. The van der Waals surface area contributed by atoms with Gasteiger partial charge in [0, 0.05) is 38.2 Å². The van der Waals surface area contributed by atoms with Gasteiger partial charge in [-0.3, -0.25) is 14.7 Å². The minimum Gasteiger partial charge on any atom is -0.310 e. The van der Waals surface area contributed by atoms with E-state index < -0.39 is 0 Å². The lowest BCUT2D eigenvalue weighted by Gasteiger charge is -2.28. The van der Waals surface area contributed by atoms with Gasteiger partial charge < -0.3 is 4.98 Å². The third-order valence-corrected chi connectivity index (χ3v) is 5.27. The van der Waals surface area contributed by atoms with Crippen LogP contribution < -0.4 is 5.56 Å². The molecule has 2 aromatic rings. The molecule has 0 spiro atoms. The van der Waals surface area contributed by atoms with Crippen LogP contribution in [0.5, 0.6) is 0 Å². The summed E-state index contributed by atoms with van der Waals surface area (Å²) < 4.78 is 0. The van der Waals surface area contributed by atoms with E-state index in [2.05, 4.69) is 14.9 Å². The van der Waals surface area contributed by atoms with Crippen LogP contribution in [0.15, 0.2) is 29.2 Å². The highest BCUT2D eigenvalue weighted by atomic mass is 16.1. The van der Waals surface area contributed by atoms with Gasteiger partial charge in [0.25, 0.3) is 5.56 Å². The second-order valence-electron chi connectivity index (χ2n) is 6.99. The second-order valence-corrected chi connectivity index (χ2v) is 6.99. The molecule has 1 saturated carbocycles. The number of pyridine rings is 1. The van der Waals surface area contributed by atoms with Gasteiger partial charge in [-0.1, -0.05) is 25.3 Å². The maximum absolute atomic E-state index is 12.6. The summed E-state index contributed by atoms with van der Waals surface area (Å²) in [5, 5.41) is 0. The average Bonchev–Trinajstić information content (AvgIpc) is 2.64. The quantitative estimate of drug-likeness (QED) is 0.943. The highest BCUT2D eigenvalue weighted by molar-refractivity contribution is 5.22. The monoisotopic (exact) mass is 324 g/mol. The molecule has 0 aromatic carbocycles. The van der Waals surface area contributed by atoms with Crippen LogP contribution in [0.2, 0.25) is 0 Å². The largest absolute Gasteiger partial charge is 0.310 e. The minimum atomic E-state index is 0.0614. The Morgan fingerprint density at radius 2 is 2.08 bits per heavy atom. The van der Waals surface area contributed by atoms with E-state index in [1.807, 2.05) is 24.4 Å². The van der Waals surface area contributed by atoms with Gasteiger partial charge in [-0.25, -0.2) is 4.98 Å². The van der Waals surface area contributed by atoms with Crippen molar-refractivity contribution in [1.82, 2.24) is 19.9 Å². The normalized spacial score (nSPS) is 19.2. The fourth-order valence-electron chi connectivity index (χ4n) is 3.93. The van der Waals surface area contributed by atoms with E-state index in [0.29, 0.717) is 12.5 Å². The van der Waals surface area contributed by atoms with E-state index >= 15 is 0 Å². The van der Waals surface area contributed by atoms with Gasteiger partial charge >= 0.3 is 0 Å². The molecule has 2 aromatic heterocycles. The number of rotatable bonds is 3. The molecule has 0 amide bonds. The first kappa shape index (κ1) is 15.5. The van der Waals surface area contributed by atoms with Crippen molar-refractivity contribution in [3.63, 3.8) is 0 Å². The molecule has 126 valence electrons. The van der Waals surface area contributed by atoms with Crippen LogP contribution in [-0.2, 0) is 19.5 Å². The third kappa shape index (κ3) is 3.26. The van der Waals surface area contributed by atoms with Crippen LogP contribution in [0.1, 0.15) is 60.8 Å². The number of hydrogen-bond acceptors (Lipinski definition) is 4. The molecule has 3 heterocycles. The predicted molar refractivity (Wildman–Crippen MR) is 92.7 cm³/mol. The molecule has 0 unspecified atom stereocenters. The highest BCUT2D eigenvalue weighted by Crippen LogP contribution is 2.30. The molecule has 1 aliphatic heterocycles. The van der Waals surface area contributed by atoms with Crippen molar-refractivity contribution in [2.45, 2.75) is 57.5 Å². The van der Waals surface area contributed by atoms with Gasteiger partial charge in [-0.2, -0.15) is 0 Å². The van der Waals surface area contributed by atoms with Gasteiger partial charge in [0.15, 0.2) is 0 Å². The number of fused-ring (bicyclic) bond motifs is 1. The number of nitrogens with zero attached hydrogens (tertiary/aromatic N) is 3. The van der Waals surface area contributed by atoms with Crippen LogP contribution in [0.25, 0.3) is 0 Å². The smallest absolute Gasteiger partial charge is 0.255 e. The molecule has 0 atom stereocenters. The Balaban J connectivity index is 1.53. The number of H-pyrrole nitrogens is 1. The van der Waals surface area contributed by atoms with Crippen LogP contribution in [0, 0.1) is 0 Å². The first-order valence-corrected chi connectivity index (χ1v) is 9.04. The molecule has 4 rings (SSSR count). The van der Waals surface area contributed by atoms with Gasteiger partial charge in [0.05, 0.1) is 17.0 Å². The van der Waals surface area contributed by atoms with Crippen LogP contribution in [0.4, 0.5) is 0 Å². The molecule has 1 fully saturated rings. The van der Waals surface area contributed by atoms with Gasteiger partial charge in [0.1, 0.15) is 5.82 Å². The molecular weight excluding hydrogens is 300 g/mol. The molecule has 0 radical (unpaired) electrons. The fourth-order valence-corrected chi connectivity index (χ4v) is 3.93. The molecular formula is C19H24N4O. The molecule has 1 aliphatic carbocycles. The van der Waals surface area contributed by atoms with Crippen molar-refractivity contribution in [3.8, 4) is 0 Å². The summed E-state index contributed by atoms with van der Waals surface area (Å²) in [6.45, 7) is 2.38. The summed E-state index contributed by atoms with van der Waals surface area (Å²) in [6, 6.07) is 5.96. The lowest BCUT2D eigenvalue weighted by Crippen LogP contribution is -2.36. The van der Waals surface area contributed by atoms with Gasteiger partial charge in [0.2, 0.25) is 0 Å². The Kier molecular flexibility index (Phi) is 4.43. The van der Waals surface area contributed by atoms with E-state index in [4.69, 9.17) is 4.98 Å². The van der Waals surface area contributed by atoms with Gasteiger partial charge in [-0.15, -0.1) is 0 Å². The van der Waals surface area contributed by atoms with Crippen molar-refractivity contribution < 1.29 is 0 Å². The lowest BCUT2D eigenvalue weighted by molar-refractivity contribution is 0.238. The molecule has 5 heteroatoms. The van der Waals surface area contributed by atoms with Crippen LogP contribution in [0.3, 0.4) is 0 Å². The number of hydrogen-bond donors (Lipinski definition) is 1. The first-order chi connectivity index (χ1) is 11.8. The zero-order valence-electron chi connectivity index (χ0n) is 14.0. The average molecular weight is 324 g/mol. The van der Waals surface area contributed by atoms with E-state index in [-0.39, 0.29) is 5.56 Å². The van der Waals surface area contributed by atoms with E-state index in [9.17, 15) is 4.79 Å². The number of aromatic nitrogens is 3. The molecule has 0 saturated heterocycles. The lowest BCUT2D eigenvalue weighted by atomic mass is 9.88. The number of nitrogens with one attached hydrogen (secondary N) is 1. The Bertz CT molecular complexity index is 750. The van der Waals surface area contributed by atoms with Crippen molar-refractivity contribution in [2.24, 2.45) is 0 Å². The highest BCUT2D eigenvalue weighted by Gasteiger charge is 2.24.